The second kappa shape index (κ2) is 5.19. The molecule has 0 atom stereocenters. The van der Waals surface area contributed by atoms with Crippen LogP contribution in [0.25, 0.3) is 5.70 Å². The van der Waals surface area contributed by atoms with Gasteiger partial charge < -0.3 is 10.6 Å². The van der Waals surface area contributed by atoms with E-state index >= 15 is 0 Å². The van der Waals surface area contributed by atoms with Gasteiger partial charge in [0.1, 0.15) is 0 Å². The van der Waals surface area contributed by atoms with Crippen LogP contribution in [0.15, 0.2) is 49.0 Å². The molecule has 0 saturated heterocycles. The van der Waals surface area contributed by atoms with Crippen molar-refractivity contribution in [2.75, 3.05) is 17.7 Å². The lowest BCUT2D eigenvalue weighted by atomic mass is 10.1. The topological polar surface area (TPSA) is 29.3 Å². The minimum atomic E-state index is 0.803. The van der Waals surface area contributed by atoms with Crippen LogP contribution in [0.2, 0.25) is 0 Å². The Morgan fingerprint density at radius 1 is 1.05 bits per heavy atom. The fourth-order valence-corrected chi connectivity index (χ4v) is 2.10. The molecule has 0 bridgehead atoms. The molecule has 98 valence electrons. The summed E-state index contributed by atoms with van der Waals surface area (Å²) < 4.78 is 0. The van der Waals surface area contributed by atoms with Crippen molar-refractivity contribution in [2.24, 2.45) is 0 Å². The highest BCUT2D eigenvalue weighted by molar-refractivity contribution is 5.80. The number of aryl methyl sites for hydroxylation is 2. The van der Waals surface area contributed by atoms with Crippen molar-refractivity contribution < 1.29 is 0 Å². The van der Waals surface area contributed by atoms with Gasteiger partial charge in [-0.05, 0) is 42.7 Å². The number of para-hydroxylation sites is 1. The maximum absolute atomic E-state index is 5.97. The first-order chi connectivity index (χ1) is 9.00. The van der Waals surface area contributed by atoms with Crippen LogP contribution in [0.3, 0.4) is 0 Å². The normalized spacial score (nSPS) is 10.3. The third-order valence-corrected chi connectivity index (χ3v) is 3.49. The lowest BCUT2D eigenvalue weighted by molar-refractivity contribution is 1.20. The van der Waals surface area contributed by atoms with Crippen LogP contribution in [-0.4, -0.2) is 7.05 Å². The molecule has 0 aliphatic rings. The monoisotopic (exact) mass is 252 g/mol. The smallest absolute Gasteiger partial charge is 0.0437 e. The Labute approximate surface area is 115 Å². The molecule has 2 heteroatoms. The number of anilines is 2. The summed E-state index contributed by atoms with van der Waals surface area (Å²) >= 11 is 0. The molecule has 2 nitrogen and oxygen atoms in total. The first-order valence-electron chi connectivity index (χ1n) is 6.35. The molecule has 0 aliphatic heterocycles. The molecule has 0 fully saturated rings. The standard InChI is InChI=1S/C17H20N2/c1-12-9-10-15(11-16(12)18)14(3)19(4)17-8-6-5-7-13(17)2/h5-11H,3,18H2,1-2,4H3. The summed E-state index contributed by atoms with van der Waals surface area (Å²) in [5.74, 6) is 0. The molecule has 0 aromatic heterocycles. The summed E-state index contributed by atoms with van der Waals surface area (Å²) in [5.41, 5.74) is 12.2. The van der Waals surface area contributed by atoms with E-state index in [1.807, 2.05) is 38.2 Å². The Kier molecular flexibility index (Phi) is 3.61. The Bertz CT molecular complexity index is 614. The van der Waals surface area contributed by atoms with E-state index in [1.54, 1.807) is 0 Å². The number of hydrogen-bond donors (Lipinski definition) is 1. The van der Waals surface area contributed by atoms with Crippen LogP contribution in [0.5, 0.6) is 0 Å². The number of nitrogen functional groups attached to an aromatic ring is 1. The Morgan fingerprint density at radius 3 is 2.37 bits per heavy atom. The number of hydrogen-bond acceptors (Lipinski definition) is 2. The van der Waals surface area contributed by atoms with Crippen molar-refractivity contribution in [3.63, 3.8) is 0 Å². The second-order valence-electron chi connectivity index (χ2n) is 4.86. The van der Waals surface area contributed by atoms with Gasteiger partial charge in [-0.25, -0.2) is 0 Å². The van der Waals surface area contributed by atoms with Crippen molar-refractivity contribution in [2.45, 2.75) is 13.8 Å². The van der Waals surface area contributed by atoms with Gasteiger partial charge in [0, 0.05) is 24.1 Å². The van der Waals surface area contributed by atoms with Crippen LogP contribution in [0.4, 0.5) is 11.4 Å². The quantitative estimate of drug-likeness (QED) is 0.837. The van der Waals surface area contributed by atoms with E-state index in [-0.39, 0.29) is 0 Å². The van der Waals surface area contributed by atoms with Crippen molar-refractivity contribution in [1.29, 1.82) is 0 Å². The van der Waals surface area contributed by atoms with Gasteiger partial charge in [0.15, 0.2) is 0 Å². The fraction of sp³-hybridized carbons (Fsp3) is 0.176. The molecule has 2 aromatic rings. The summed E-state index contributed by atoms with van der Waals surface area (Å²) in [6.07, 6.45) is 0. The molecule has 0 saturated carbocycles. The molecule has 0 radical (unpaired) electrons. The molecule has 2 aromatic carbocycles. The fourth-order valence-electron chi connectivity index (χ4n) is 2.10. The SMILES string of the molecule is C=C(c1ccc(C)c(N)c1)N(C)c1ccccc1C. The Morgan fingerprint density at radius 2 is 1.74 bits per heavy atom. The third kappa shape index (κ3) is 2.63. The third-order valence-electron chi connectivity index (χ3n) is 3.49. The zero-order valence-corrected chi connectivity index (χ0v) is 11.8. The van der Waals surface area contributed by atoms with E-state index in [1.165, 1.54) is 5.56 Å². The number of nitrogens with two attached hydrogens (primary N) is 1. The van der Waals surface area contributed by atoms with Gasteiger partial charge in [0.05, 0.1) is 0 Å². The van der Waals surface area contributed by atoms with Gasteiger partial charge >= 0.3 is 0 Å². The van der Waals surface area contributed by atoms with Gasteiger partial charge in [-0.15, -0.1) is 0 Å². The van der Waals surface area contributed by atoms with Gasteiger partial charge in [0.2, 0.25) is 0 Å². The highest BCUT2D eigenvalue weighted by Gasteiger charge is 2.10. The largest absolute Gasteiger partial charge is 0.398 e. The van der Waals surface area contributed by atoms with Gasteiger partial charge in [-0.1, -0.05) is 36.9 Å². The van der Waals surface area contributed by atoms with E-state index in [0.29, 0.717) is 0 Å². The number of rotatable bonds is 3. The first kappa shape index (κ1) is 13.2. The van der Waals surface area contributed by atoms with E-state index in [9.17, 15) is 0 Å². The molecular formula is C17H20N2. The average molecular weight is 252 g/mol. The molecule has 0 amide bonds. The lowest BCUT2D eigenvalue weighted by Gasteiger charge is -2.24. The highest BCUT2D eigenvalue weighted by Crippen LogP contribution is 2.27. The maximum atomic E-state index is 5.97. The first-order valence-corrected chi connectivity index (χ1v) is 6.35. The minimum Gasteiger partial charge on any atom is -0.398 e. The predicted molar refractivity (Wildman–Crippen MR) is 84.2 cm³/mol. The summed E-state index contributed by atoms with van der Waals surface area (Å²) in [4.78, 5) is 2.10. The number of nitrogens with zero attached hydrogens (tertiary/aromatic N) is 1. The van der Waals surface area contributed by atoms with E-state index in [4.69, 9.17) is 5.73 Å². The van der Waals surface area contributed by atoms with Crippen molar-refractivity contribution in [3.05, 3.63) is 65.7 Å². The van der Waals surface area contributed by atoms with Crippen LogP contribution < -0.4 is 10.6 Å². The predicted octanol–water partition coefficient (Wildman–Crippen LogP) is 3.99. The second-order valence-corrected chi connectivity index (χ2v) is 4.86. The van der Waals surface area contributed by atoms with Crippen LogP contribution in [0, 0.1) is 13.8 Å². The zero-order valence-electron chi connectivity index (χ0n) is 11.8. The molecule has 0 aliphatic carbocycles. The molecule has 2 rings (SSSR count). The maximum Gasteiger partial charge on any atom is 0.0437 e. The molecular weight excluding hydrogens is 232 g/mol. The lowest BCUT2D eigenvalue weighted by Crippen LogP contribution is -2.15. The summed E-state index contributed by atoms with van der Waals surface area (Å²) in [5, 5.41) is 0. The Hall–Kier alpha value is -2.22. The van der Waals surface area contributed by atoms with E-state index < -0.39 is 0 Å². The number of benzene rings is 2. The van der Waals surface area contributed by atoms with Crippen molar-refractivity contribution in [1.82, 2.24) is 0 Å². The minimum absolute atomic E-state index is 0.803. The van der Waals surface area contributed by atoms with E-state index in [2.05, 4.69) is 36.6 Å². The van der Waals surface area contributed by atoms with Crippen LogP contribution in [0.1, 0.15) is 16.7 Å². The Balaban J connectivity index is 2.34. The molecule has 0 spiro atoms. The summed E-state index contributed by atoms with van der Waals surface area (Å²) in [7, 11) is 2.03. The molecule has 0 heterocycles. The molecule has 0 unspecified atom stereocenters. The van der Waals surface area contributed by atoms with Crippen molar-refractivity contribution >= 4 is 17.1 Å². The van der Waals surface area contributed by atoms with Crippen molar-refractivity contribution in [3.8, 4) is 0 Å². The van der Waals surface area contributed by atoms with Crippen LogP contribution in [-0.2, 0) is 0 Å². The average Bonchev–Trinajstić information content (AvgIpc) is 2.41. The molecule has 2 N–H and O–H groups in total. The highest BCUT2D eigenvalue weighted by atomic mass is 15.1. The molecule has 19 heavy (non-hydrogen) atoms. The summed E-state index contributed by atoms with van der Waals surface area (Å²) in [6, 6.07) is 14.3. The van der Waals surface area contributed by atoms with Gasteiger partial charge in [-0.2, -0.15) is 0 Å². The van der Waals surface area contributed by atoms with Gasteiger partial charge in [0.25, 0.3) is 0 Å². The van der Waals surface area contributed by atoms with Crippen LogP contribution >= 0.6 is 0 Å². The van der Waals surface area contributed by atoms with E-state index in [0.717, 1.165) is 28.2 Å². The zero-order chi connectivity index (χ0) is 14.0. The summed E-state index contributed by atoms with van der Waals surface area (Å²) in [6.45, 7) is 8.29. The van der Waals surface area contributed by atoms with Gasteiger partial charge in [-0.3, -0.25) is 0 Å².